The molecule has 0 spiro atoms. The zero-order chi connectivity index (χ0) is 12.9. The van der Waals surface area contributed by atoms with Crippen molar-refractivity contribution in [3.8, 4) is 0 Å². The van der Waals surface area contributed by atoms with Gasteiger partial charge in [-0.2, -0.15) is 0 Å². The smallest absolute Gasteiger partial charge is 0.147 e. The van der Waals surface area contributed by atoms with Crippen molar-refractivity contribution in [2.24, 2.45) is 0 Å². The third kappa shape index (κ3) is 6.38. The number of aryl methyl sites for hydroxylation is 1. The van der Waals surface area contributed by atoms with Gasteiger partial charge in [0.25, 0.3) is 0 Å². The molecular weight excluding hydrogens is 240 g/mol. The Bertz CT molecular complexity index is 439. The van der Waals surface area contributed by atoms with Crippen LogP contribution >= 0.6 is 0 Å². The van der Waals surface area contributed by atoms with Gasteiger partial charge in [0.2, 0.25) is 0 Å². The minimum absolute atomic E-state index is 0.187. The Balaban J connectivity index is 2.35. The fraction of sp³-hybridized carbons (Fsp3) is 0.800. The van der Waals surface area contributed by atoms with Crippen LogP contribution in [0.2, 0.25) is 0 Å². The monoisotopic (exact) mass is 260 g/mol. The highest BCUT2D eigenvalue weighted by Crippen LogP contribution is 1.97. The van der Waals surface area contributed by atoms with Crippen LogP contribution in [-0.4, -0.2) is 41.5 Å². The Kier molecular flexibility index (Phi) is 5.07. The van der Waals surface area contributed by atoms with Gasteiger partial charge in [0.05, 0.1) is 11.4 Å². The van der Waals surface area contributed by atoms with Crippen LogP contribution in [0.5, 0.6) is 0 Å². The van der Waals surface area contributed by atoms with Crippen LogP contribution in [0.15, 0.2) is 6.20 Å². The first-order valence-corrected chi connectivity index (χ1v) is 7.73. The molecule has 1 rings (SSSR count). The summed E-state index contributed by atoms with van der Waals surface area (Å²) >= 11 is 0. The summed E-state index contributed by atoms with van der Waals surface area (Å²) in [6.45, 7) is 5.40. The Morgan fingerprint density at radius 1 is 1.47 bits per heavy atom. The van der Waals surface area contributed by atoms with Gasteiger partial charge < -0.3 is 5.32 Å². The van der Waals surface area contributed by atoms with E-state index in [4.69, 9.17) is 0 Å². The van der Waals surface area contributed by atoms with Crippen molar-refractivity contribution in [3.63, 3.8) is 0 Å². The van der Waals surface area contributed by atoms with Gasteiger partial charge in [0.15, 0.2) is 0 Å². The Labute approximate surface area is 102 Å². The minimum Gasteiger partial charge on any atom is -0.309 e. The van der Waals surface area contributed by atoms with Crippen LogP contribution in [0.4, 0.5) is 0 Å². The predicted molar refractivity (Wildman–Crippen MR) is 66.3 cm³/mol. The second-order valence-corrected chi connectivity index (χ2v) is 6.75. The SMILES string of the molecule is CC(C)NCc1cn(CCCS(C)(=O)=O)nn1. The first kappa shape index (κ1) is 14.1. The molecule has 0 atom stereocenters. The molecule has 0 fully saturated rings. The molecule has 1 heterocycles. The lowest BCUT2D eigenvalue weighted by atomic mass is 10.3. The topological polar surface area (TPSA) is 76.9 Å². The van der Waals surface area contributed by atoms with Crippen molar-refractivity contribution in [3.05, 3.63) is 11.9 Å². The molecule has 6 nitrogen and oxygen atoms in total. The van der Waals surface area contributed by atoms with Gasteiger partial charge in [-0.3, -0.25) is 4.68 Å². The lowest BCUT2D eigenvalue weighted by Crippen LogP contribution is -2.21. The highest BCUT2D eigenvalue weighted by atomic mass is 32.2. The first-order valence-electron chi connectivity index (χ1n) is 5.67. The van der Waals surface area contributed by atoms with E-state index in [1.807, 2.05) is 6.20 Å². The zero-order valence-electron chi connectivity index (χ0n) is 10.5. The third-order valence-corrected chi connectivity index (χ3v) is 3.21. The average molecular weight is 260 g/mol. The molecule has 1 aromatic rings. The number of hydrogen-bond acceptors (Lipinski definition) is 5. The number of rotatable bonds is 7. The maximum atomic E-state index is 10.9. The zero-order valence-corrected chi connectivity index (χ0v) is 11.4. The average Bonchev–Trinajstić information content (AvgIpc) is 2.61. The third-order valence-electron chi connectivity index (χ3n) is 2.18. The first-order chi connectivity index (χ1) is 7.87. The second-order valence-electron chi connectivity index (χ2n) is 4.49. The van der Waals surface area contributed by atoms with Crippen LogP contribution in [0, 0.1) is 0 Å². The summed E-state index contributed by atoms with van der Waals surface area (Å²) in [7, 11) is -2.88. The summed E-state index contributed by atoms with van der Waals surface area (Å²) in [5.41, 5.74) is 0.873. The molecule has 0 bridgehead atoms. The molecule has 0 saturated heterocycles. The van der Waals surface area contributed by atoms with Crippen LogP contribution in [-0.2, 0) is 22.9 Å². The van der Waals surface area contributed by atoms with Crippen molar-refractivity contribution in [2.45, 2.75) is 39.4 Å². The molecule has 98 valence electrons. The van der Waals surface area contributed by atoms with E-state index < -0.39 is 9.84 Å². The number of sulfone groups is 1. The molecule has 7 heteroatoms. The lowest BCUT2D eigenvalue weighted by Gasteiger charge is -2.04. The molecule has 0 aromatic carbocycles. The van der Waals surface area contributed by atoms with E-state index in [0.29, 0.717) is 25.6 Å². The molecule has 1 aromatic heterocycles. The van der Waals surface area contributed by atoms with Gasteiger partial charge in [0, 0.05) is 31.6 Å². The molecule has 1 N–H and O–H groups in total. The predicted octanol–water partition coefficient (Wildman–Crippen LogP) is 0.211. The summed E-state index contributed by atoms with van der Waals surface area (Å²) < 4.78 is 23.6. The van der Waals surface area contributed by atoms with Gasteiger partial charge >= 0.3 is 0 Å². The van der Waals surface area contributed by atoms with E-state index in [-0.39, 0.29) is 5.75 Å². The normalized spacial score (nSPS) is 12.2. The molecule has 0 aliphatic rings. The van der Waals surface area contributed by atoms with E-state index in [1.165, 1.54) is 6.26 Å². The molecule has 0 amide bonds. The lowest BCUT2D eigenvalue weighted by molar-refractivity contribution is 0.564. The van der Waals surface area contributed by atoms with Gasteiger partial charge in [-0.25, -0.2) is 8.42 Å². The fourth-order valence-corrected chi connectivity index (χ4v) is 1.98. The number of nitrogens with zero attached hydrogens (tertiary/aromatic N) is 3. The number of nitrogens with one attached hydrogen (secondary N) is 1. The molecule has 17 heavy (non-hydrogen) atoms. The van der Waals surface area contributed by atoms with Crippen LogP contribution in [0.3, 0.4) is 0 Å². The van der Waals surface area contributed by atoms with Gasteiger partial charge in [-0.15, -0.1) is 5.10 Å². The van der Waals surface area contributed by atoms with Crippen molar-refractivity contribution >= 4 is 9.84 Å². The highest BCUT2D eigenvalue weighted by molar-refractivity contribution is 7.90. The Hall–Kier alpha value is -0.950. The van der Waals surface area contributed by atoms with Crippen LogP contribution in [0.1, 0.15) is 26.0 Å². The highest BCUT2D eigenvalue weighted by Gasteiger charge is 2.04. The molecular formula is C10H20N4O2S. The van der Waals surface area contributed by atoms with Crippen LogP contribution < -0.4 is 5.32 Å². The van der Waals surface area contributed by atoms with E-state index in [0.717, 1.165) is 5.69 Å². The Morgan fingerprint density at radius 3 is 2.76 bits per heavy atom. The van der Waals surface area contributed by atoms with Gasteiger partial charge in [-0.1, -0.05) is 19.1 Å². The van der Waals surface area contributed by atoms with Crippen LogP contribution in [0.25, 0.3) is 0 Å². The van der Waals surface area contributed by atoms with Crippen molar-refractivity contribution in [1.82, 2.24) is 20.3 Å². The molecule has 0 aliphatic heterocycles. The molecule has 0 saturated carbocycles. The van der Waals surface area contributed by atoms with E-state index in [9.17, 15) is 8.42 Å². The minimum atomic E-state index is -2.88. The second kappa shape index (κ2) is 6.11. The number of hydrogen-bond donors (Lipinski definition) is 1. The summed E-state index contributed by atoms with van der Waals surface area (Å²) in [6, 6.07) is 0.408. The quantitative estimate of drug-likeness (QED) is 0.758. The summed E-state index contributed by atoms with van der Waals surface area (Å²) in [6.07, 6.45) is 3.66. The van der Waals surface area contributed by atoms with Crippen molar-refractivity contribution < 1.29 is 8.42 Å². The van der Waals surface area contributed by atoms with Crippen molar-refractivity contribution in [1.29, 1.82) is 0 Å². The maximum absolute atomic E-state index is 10.9. The largest absolute Gasteiger partial charge is 0.309 e. The van der Waals surface area contributed by atoms with Gasteiger partial charge in [-0.05, 0) is 6.42 Å². The standard InChI is InChI=1S/C10H20N4O2S/c1-9(2)11-7-10-8-14(13-12-10)5-4-6-17(3,15)16/h8-9,11H,4-7H2,1-3H3. The Morgan fingerprint density at radius 2 is 2.18 bits per heavy atom. The number of aromatic nitrogens is 3. The summed E-state index contributed by atoms with van der Waals surface area (Å²) in [5.74, 6) is 0.187. The fourth-order valence-electron chi connectivity index (χ4n) is 1.33. The summed E-state index contributed by atoms with van der Waals surface area (Å²) in [4.78, 5) is 0. The maximum Gasteiger partial charge on any atom is 0.147 e. The molecule has 0 aliphatic carbocycles. The molecule has 0 unspecified atom stereocenters. The van der Waals surface area contributed by atoms with E-state index in [2.05, 4.69) is 29.5 Å². The molecule has 0 radical (unpaired) electrons. The summed E-state index contributed by atoms with van der Waals surface area (Å²) in [5, 5.41) is 11.2. The van der Waals surface area contributed by atoms with Crippen molar-refractivity contribution in [2.75, 3.05) is 12.0 Å². The van der Waals surface area contributed by atoms with E-state index >= 15 is 0 Å². The van der Waals surface area contributed by atoms with E-state index in [1.54, 1.807) is 4.68 Å². The van der Waals surface area contributed by atoms with Gasteiger partial charge in [0.1, 0.15) is 9.84 Å².